The number of nitrogens with one attached hydrogen (secondary N) is 2. The zero-order valence-electron chi connectivity index (χ0n) is 10.4. The molecule has 4 N–H and O–H groups in total. The van der Waals surface area contributed by atoms with E-state index in [-0.39, 0.29) is 11.7 Å². The second-order valence-corrected chi connectivity index (χ2v) is 4.22. The number of anilines is 1. The molecule has 0 atom stereocenters. The van der Waals surface area contributed by atoms with E-state index in [1.165, 1.54) is 0 Å². The first-order chi connectivity index (χ1) is 8.59. The number of nitrogen functional groups attached to an aromatic ring is 1. The van der Waals surface area contributed by atoms with Gasteiger partial charge in [-0.3, -0.25) is 9.89 Å². The quantitative estimate of drug-likeness (QED) is 0.765. The molecule has 0 bridgehead atoms. The number of carbonyl (C=O) groups excluding carboxylic acids is 1. The van der Waals surface area contributed by atoms with E-state index >= 15 is 0 Å². The topological polar surface area (TPSA) is 83.8 Å². The standard InChI is InChI=1S/C13H16N4O/c1-8-5-3-4-6-10(8)7-15-13(18)11-9(2)16-17-12(11)14/h3-6H,7H2,1-2H3,(H,15,18)(H3,14,16,17). The smallest absolute Gasteiger partial charge is 0.257 e. The Morgan fingerprint density at radius 1 is 1.39 bits per heavy atom. The van der Waals surface area contributed by atoms with Crippen LogP contribution in [-0.4, -0.2) is 16.1 Å². The van der Waals surface area contributed by atoms with Gasteiger partial charge in [-0.1, -0.05) is 24.3 Å². The fourth-order valence-corrected chi connectivity index (χ4v) is 1.81. The number of aryl methyl sites for hydroxylation is 2. The van der Waals surface area contributed by atoms with Crippen molar-refractivity contribution < 1.29 is 4.79 Å². The third-order valence-corrected chi connectivity index (χ3v) is 2.90. The highest BCUT2D eigenvalue weighted by Gasteiger charge is 2.15. The maximum absolute atomic E-state index is 12.0. The van der Waals surface area contributed by atoms with E-state index in [1.807, 2.05) is 31.2 Å². The van der Waals surface area contributed by atoms with Crippen LogP contribution in [0.3, 0.4) is 0 Å². The Kier molecular flexibility index (Phi) is 3.32. The van der Waals surface area contributed by atoms with Gasteiger partial charge in [0.1, 0.15) is 5.56 Å². The fraction of sp³-hybridized carbons (Fsp3) is 0.231. The maximum atomic E-state index is 12.0. The molecule has 1 aromatic carbocycles. The van der Waals surface area contributed by atoms with Crippen LogP contribution in [0.4, 0.5) is 5.82 Å². The second-order valence-electron chi connectivity index (χ2n) is 4.22. The molecule has 5 nitrogen and oxygen atoms in total. The average Bonchev–Trinajstić information content (AvgIpc) is 2.68. The lowest BCUT2D eigenvalue weighted by Gasteiger charge is -2.07. The van der Waals surface area contributed by atoms with E-state index in [4.69, 9.17) is 5.73 Å². The van der Waals surface area contributed by atoms with Gasteiger partial charge in [-0.2, -0.15) is 5.10 Å². The average molecular weight is 244 g/mol. The highest BCUT2D eigenvalue weighted by atomic mass is 16.1. The molecule has 0 saturated heterocycles. The van der Waals surface area contributed by atoms with Crippen LogP contribution >= 0.6 is 0 Å². The molecule has 1 aromatic heterocycles. The molecule has 94 valence electrons. The van der Waals surface area contributed by atoms with Crippen molar-refractivity contribution in [1.29, 1.82) is 0 Å². The summed E-state index contributed by atoms with van der Waals surface area (Å²) in [6.45, 7) is 4.26. The first kappa shape index (κ1) is 12.2. The van der Waals surface area contributed by atoms with Gasteiger partial charge in [0, 0.05) is 12.2 Å². The van der Waals surface area contributed by atoms with Crippen LogP contribution in [0.5, 0.6) is 0 Å². The molecule has 0 saturated carbocycles. The van der Waals surface area contributed by atoms with Crippen molar-refractivity contribution in [2.75, 3.05) is 5.73 Å². The molecule has 5 heteroatoms. The van der Waals surface area contributed by atoms with Gasteiger partial charge in [-0.25, -0.2) is 0 Å². The summed E-state index contributed by atoms with van der Waals surface area (Å²) in [5.41, 5.74) is 8.97. The lowest BCUT2D eigenvalue weighted by Crippen LogP contribution is -2.24. The summed E-state index contributed by atoms with van der Waals surface area (Å²) in [6, 6.07) is 7.92. The predicted octanol–water partition coefficient (Wildman–Crippen LogP) is 1.54. The first-order valence-corrected chi connectivity index (χ1v) is 5.72. The number of nitrogens with two attached hydrogens (primary N) is 1. The summed E-state index contributed by atoms with van der Waals surface area (Å²) in [5.74, 6) is 0.0248. The van der Waals surface area contributed by atoms with Crippen molar-refractivity contribution in [3.63, 3.8) is 0 Å². The zero-order valence-corrected chi connectivity index (χ0v) is 10.4. The van der Waals surface area contributed by atoms with E-state index in [0.717, 1.165) is 11.1 Å². The Morgan fingerprint density at radius 2 is 2.11 bits per heavy atom. The molecule has 0 fully saturated rings. The summed E-state index contributed by atoms with van der Waals surface area (Å²) >= 11 is 0. The fourth-order valence-electron chi connectivity index (χ4n) is 1.81. The van der Waals surface area contributed by atoms with Crippen molar-refractivity contribution in [2.45, 2.75) is 20.4 Å². The summed E-state index contributed by atoms with van der Waals surface area (Å²) in [7, 11) is 0. The van der Waals surface area contributed by atoms with Gasteiger partial charge < -0.3 is 11.1 Å². The molecule has 2 aromatic rings. The maximum Gasteiger partial charge on any atom is 0.257 e. The minimum atomic E-state index is -0.206. The largest absolute Gasteiger partial charge is 0.382 e. The van der Waals surface area contributed by atoms with Crippen LogP contribution in [-0.2, 0) is 6.54 Å². The van der Waals surface area contributed by atoms with Crippen molar-refractivity contribution in [3.8, 4) is 0 Å². The number of benzene rings is 1. The van der Waals surface area contributed by atoms with Crippen molar-refractivity contribution in [3.05, 3.63) is 46.6 Å². The monoisotopic (exact) mass is 244 g/mol. The Labute approximate surface area is 105 Å². The summed E-state index contributed by atoms with van der Waals surface area (Å²) in [5, 5.41) is 9.34. The van der Waals surface area contributed by atoms with Crippen LogP contribution < -0.4 is 11.1 Å². The van der Waals surface area contributed by atoms with E-state index in [1.54, 1.807) is 6.92 Å². The number of carbonyl (C=O) groups is 1. The second kappa shape index (κ2) is 4.91. The minimum Gasteiger partial charge on any atom is -0.382 e. The van der Waals surface area contributed by atoms with Gasteiger partial charge in [0.25, 0.3) is 5.91 Å². The third kappa shape index (κ3) is 2.34. The highest BCUT2D eigenvalue weighted by Crippen LogP contribution is 2.12. The predicted molar refractivity (Wildman–Crippen MR) is 70.1 cm³/mol. The molecule has 1 amide bonds. The lowest BCUT2D eigenvalue weighted by atomic mass is 10.1. The van der Waals surface area contributed by atoms with Gasteiger partial charge in [-0.15, -0.1) is 0 Å². The number of amides is 1. The summed E-state index contributed by atoms with van der Waals surface area (Å²) in [4.78, 5) is 12.0. The number of hydrogen-bond donors (Lipinski definition) is 3. The van der Waals surface area contributed by atoms with E-state index in [0.29, 0.717) is 17.8 Å². The van der Waals surface area contributed by atoms with Gasteiger partial charge in [0.15, 0.2) is 5.82 Å². The molecule has 2 rings (SSSR count). The van der Waals surface area contributed by atoms with Gasteiger partial charge in [-0.05, 0) is 25.0 Å². The SMILES string of the molecule is Cc1ccccc1CNC(=O)c1c(N)n[nH]c1C. The lowest BCUT2D eigenvalue weighted by molar-refractivity contribution is 0.0951. The van der Waals surface area contributed by atoms with E-state index in [2.05, 4.69) is 15.5 Å². The molecular formula is C13H16N4O. The molecular weight excluding hydrogens is 228 g/mol. The Morgan fingerprint density at radius 3 is 2.72 bits per heavy atom. The highest BCUT2D eigenvalue weighted by molar-refractivity contribution is 5.99. The molecule has 0 aliphatic rings. The van der Waals surface area contributed by atoms with Gasteiger partial charge in [0.2, 0.25) is 0 Å². The Bertz CT molecular complexity index is 555. The molecule has 0 radical (unpaired) electrons. The number of rotatable bonds is 3. The third-order valence-electron chi connectivity index (χ3n) is 2.90. The number of hydrogen-bond acceptors (Lipinski definition) is 3. The number of H-pyrrole nitrogens is 1. The number of aromatic nitrogens is 2. The van der Waals surface area contributed by atoms with E-state index < -0.39 is 0 Å². The zero-order chi connectivity index (χ0) is 13.1. The molecule has 0 aliphatic heterocycles. The van der Waals surface area contributed by atoms with Crippen LogP contribution in [0.1, 0.15) is 27.2 Å². The van der Waals surface area contributed by atoms with Crippen molar-refractivity contribution in [1.82, 2.24) is 15.5 Å². The van der Waals surface area contributed by atoms with Crippen LogP contribution in [0.15, 0.2) is 24.3 Å². The minimum absolute atomic E-state index is 0.206. The van der Waals surface area contributed by atoms with Crippen molar-refractivity contribution in [2.24, 2.45) is 0 Å². The molecule has 0 spiro atoms. The molecule has 18 heavy (non-hydrogen) atoms. The molecule has 0 aliphatic carbocycles. The van der Waals surface area contributed by atoms with E-state index in [9.17, 15) is 4.79 Å². The normalized spacial score (nSPS) is 10.3. The Hall–Kier alpha value is -2.30. The van der Waals surface area contributed by atoms with Crippen LogP contribution in [0.2, 0.25) is 0 Å². The molecule has 1 heterocycles. The number of aromatic amines is 1. The van der Waals surface area contributed by atoms with Crippen LogP contribution in [0, 0.1) is 13.8 Å². The van der Waals surface area contributed by atoms with Gasteiger partial charge in [0.05, 0.1) is 0 Å². The first-order valence-electron chi connectivity index (χ1n) is 5.72. The number of nitrogens with zero attached hydrogens (tertiary/aromatic N) is 1. The summed E-state index contributed by atoms with van der Waals surface area (Å²) in [6.07, 6.45) is 0. The summed E-state index contributed by atoms with van der Waals surface area (Å²) < 4.78 is 0. The Balaban J connectivity index is 2.08. The van der Waals surface area contributed by atoms with Gasteiger partial charge >= 0.3 is 0 Å². The van der Waals surface area contributed by atoms with Crippen LogP contribution in [0.25, 0.3) is 0 Å². The van der Waals surface area contributed by atoms with Crippen molar-refractivity contribution >= 4 is 11.7 Å². The molecule has 0 unspecified atom stereocenters.